The van der Waals surface area contributed by atoms with E-state index in [1.807, 2.05) is 26.0 Å². The SMILES string of the molecule is CC[C@@H](Nc1c(Nc2cccc(Cl)c2O)c(=O)c1=O)c1ccc(C)o1. The lowest BCUT2D eigenvalue weighted by Gasteiger charge is -2.20. The van der Waals surface area contributed by atoms with Gasteiger partial charge >= 0.3 is 0 Å². The smallest absolute Gasteiger partial charge is 0.253 e. The lowest BCUT2D eigenvalue weighted by atomic mass is 10.1. The summed E-state index contributed by atoms with van der Waals surface area (Å²) < 4.78 is 5.60. The van der Waals surface area contributed by atoms with Crippen molar-refractivity contribution < 1.29 is 9.52 Å². The second-order valence-electron chi connectivity index (χ2n) is 5.72. The second-order valence-corrected chi connectivity index (χ2v) is 6.13. The number of aromatic hydroxyl groups is 1. The summed E-state index contributed by atoms with van der Waals surface area (Å²) in [4.78, 5) is 23.9. The molecule has 7 heteroatoms. The third-order valence-electron chi connectivity index (χ3n) is 3.99. The highest BCUT2D eigenvalue weighted by Gasteiger charge is 2.25. The maximum atomic E-state index is 12.0. The van der Waals surface area contributed by atoms with Gasteiger partial charge in [-0.3, -0.25) is 9.59 Å². The monoisotopic (exact) mass is 360 g/mol. The molecule has 0 aliphatic rings. The molecule has 1 aromatic heterocycles. The molecule has 130 valence electrons. The van der Waals surface area contributed by atoms with Crippen LogP contribution in [0, 0.1) is 6.92 Å². The predicted octanol–water partition coefficient (Wildman–Crippen LogP) is 3.85. The molecule has 0 spiro atoms. The molecule has 6 nitrogen and oxygen atoms in total. The maximum Gasteiger partial charge on any atom is 0.253 e. The van der Waals surface area contributed by atoms with E-state index in [4.69, 9.17) is 16.0 Å². The maximum absolute atomic E-state index is 12.0. The zero-order valence-corrected chi connectivity index (χ0v) is 14.5. The zero-order valence-electron chi connectivity index (χ0n) is 13.7. The predicted molar refractivity (Wildman–Crippen MR) is 97.9 cm³/mol. The van der Waals surface area contributed by atoms with Crippen LogP contribution in [0.2, 0.25) is 5.02 Å². The first-order chi connectivity index (χ1) is 11.9. The first kappa shape index (κ1) is 17.1. The molecular formula is C18H17ClN2O4. The summed E-state index contributed by atoms with van der Waals surface area (Å²) in [5, 5.41) is 16.0. The number of anilines is 3. The molecule has 0 saturated heterocycles. The molecule has 25 heavy (non-hydrogen) atoms. The van der Waals surface area contributed by atoms with E-state index in [1.165, 1.54) is 6.07 Å². The van der Waals surface area contributed by atoms with Crippen LogP contribution < -0.4 is 21.5 Å². The van der Waals surface area contributed by atoms with Crippen LogP contribution in [0.3, 0.4) is 0 Å². The fourth-order valence-electron chi connectivity index (χ4n) is 2.59. The summed E-state index contributed by atoms with van der Waals surface area (Å²) in [6, 6.07) is 8.14. The Hall–Kier alpha value is -2.73. The first-order valence-electron chi connectivity index (χ1n) is 7.83. The lowest BCUT2D eigenvalue weighted by molar-refractivity contribution is 0.452. The van der Waals surface area contributed by atoms with E-state index in [9.17, 15) is 14.7 Å². The number of furan rings is 1. The van der Waals surface area contributed by atoms with E-state index < -0.39 is 10.9 Å². The van der Waals surface area contributed by atoms with Gasteiger partial charge in [0.2, 0.25) is 0 Å². The minimum Gasteiger partial charge on any atom is -0.504 e. The minimum atomic E-state index is -0.646. The Labute approximate surface area is 148 Å². The Morgan fingerprint density at radius 3 is 2.52 bits per heavy atom. The number of phenolic OH excluding ortho intramolecular Hbond substituents is 1. The van der Waals surface area contributed by atoms with Gasteiger partial charge in [-0.05, 0) is 37.6 Å². The van der Waals surface area contributed by atoms with Crippen LogP contribution in [0.15, 0.2) is 44.3 Å². The molecule has 1 atom stereocenters. The number of aryl methyl sites for hydroxylation is 1. The number of halogens is 1. The van der Waals surface area contributed by atoms with E-state index in [-0.39, 0.29) is 33.9 Å². The van der Waals surface area contributed by atoms with Crippen molar-refractivity contribution in [2.75, 3.05) is 10.6 Å². The van der Waals surface area contributed by atoms with Crippen molar-refractivity contribution in [2.45, 2.75) is 26.3 Å². The van der Waals surface area contributed by atoms with Gasteiger partial charge in [-0.15, -0.1) is 0 Å². The van der Waals surface area contributed by atoms with Crippen LogP contribution in [0.5, 0.6) is 5.75 Å². The molecule has 3 rings (SSSR count). The summed E-state index contributed by atoms with van der Waals surface area (Å²) in [6.45, 7) is 3.78. The van der Waals surface area contributed by atoms with Crippen LogP contribution >= 0.6 is 11.6 Å². The number of benzene rings is 1. The largest absolute Gasteiger partial charge is 0.504 e. The Morgan fingerprint density at radius 1 is 1.16 bits per heavy atom. The van der Waals surface area contributed by atoms with E-state index in [0.29, 0.717) is 12.2 Å². The van der Waals surface area contributed by atoms with Gasteiger partial charge in [-0.1, -0.05) is 24.6 Å². The van der Waals surface area contributed by atoms with Crippen LogP contribution in [-0.2, 0) is 0 Å². The normalized spacial score (nSPS) is 12.3. The number of phenols is 1. The Morgan fingerprint density at radius 2 is 1.88 bits per heavy atom. The highest BCUT2D eigenvalue weighted by molar-refractivity contribution is 6.32. The molecule has 0 amide bonds. The summed E-state index contributed by atoms with van der Waals surface area (Å²) in [7, 11) is 0. The van der Waals surface area contributed by atoms with Crippen LogP contribution in [0.4, 0.5) is 17.1 Å². The number of hydrogen-bond donors (Lipinski definition) is 3. The summed E-state index contributed by atoms with van der Waals surface area (Å²) in [5.74, 6) is 1.27. The quantitative estimate of drug-likeness (QED) is 0.457. The molecular weight excluding hydrogens is 344 g/mol. The average molecular weight is 361 g/mol. The third kappa shape index (κ3) is 3.13. The number of para-hydroxylation sites is 1. The molecule has 2 aromatic carbocycles. The molecule has 0 unspecified atom stereocenters. The molecule has 3 N–H and O–H groups in total. The van der Waals surface area contributed by atoms with Crippen LogP contribution in [0.25, 0.3) is 0 Å². The molecule has 0 aliphatic carbocycles. The van der Waals surface area contributed by atoms with Crippen LogP contribution in [-0.4, -0.2) is 5.11 Å². The molecule has 1 heterocycles. The molecule has 0 radical (unpaired) electrons. The van der Waals surface area contributed by atoms with Gasteiger partial charge in [0.15, 0.2) is 5.75 Å². The van der Waals surface area contributed by atoms with Crippen molar-refractivity contribution in [3.8, 4) is 5.75 Å². The molecule has 0 fully saturated rings. The van der Waals surface area contributed by atoms with Crippen LogP contribution in [0.1, 0.15) is 30.9 Å². The lowest BCUT2D eigenvalue weighted by Crippen LogP contribution is -2.37. The van der Waals surface area contributed by atoms with Gasteiger partial charge in [0.25, 0.3) is 10.9 Å². The van der Waals surface area contributed by atoms with Crippen molar-refractivity contribution in [2.24, 2.45) is 0 Å². The highest BCUT2D eigenvalue weighted by atomic mass is 35.5. The standard InChI is InChI=1S/C18H17ClN2O4/c1-3-11(13-8-7-9(2)25-13)20-14-15(18(24)17(14)23)21-12-6-4-5-10(19)16(12)22/h4-8,11,20-22H,3H2,1-2H3/t11-/m1/s1. The minimum absolute atomic E-state index is 0.101. The van der Waals surface area contributed by atoms with Gasteiger partial charge in [-0.2, -0.15) is 0 Å². The first-order valence-corrected chi connectivity index (χ1v) is 8.20. The molecule has 0 bridgehead atoms. The van der Waals surface area contributed by atoms with Gasteiger partial charge in [0, 0.05) is 0 Å². The second kappa shape index (κ2) is 6.64. The van der Waals surface area contributed by atoms with Crippen molar-refractivity contribution in [1.82, 2.24) is 0 Å². The van der Waals surface area contributed by atoms with Gasteiger partial charge in [0.1, 0.15) is 22.9 Å². The Kier molecular flexibility index (Phi) is 4.55. The van der Waals surface area contributed by atoms with Crippen molar-refractivity contribution in [3.05, 3.63) is 67.3 Å². The zero-order chi connectivity index (χ0) is 18.1. The number of nitrogens with one attached hydrogen (secondary N) is 2. The molecule has 0 aliphatic heterocycles. The molecule has 3 aromatic rings. The Bertz CT molecular complexity index is 986. The molecule has 0 saturated carbocycles. The van der Waals surface area contributed by atoms with Crippen molar-refractivity contribution in [1.29, 1.82) is 0 Å². The van der Waals surface area contributed by atoms with Gasteiger partial charge < -0.3 is 20.2 Å². The van der Waals surface area contributed by atoms with Crippen molar-refractivity contribution >= 4 is 28.7 Å². The van der Waals surface area contributed by atoms with Gasteiger partial charge in [-0.25, -0.2) is 0 Å². The summed E-state index contributed by atoms with van der Waals surface area (Å²) in [6.07, 6.45) is 0.660. The van der Waals surface area contributed by atoms with Crippen molar-refractivity contribution in [3.63, 3.8) is 0 Å². The van der Waals surface area contributed by atoms with E-state index >= 15 is 0 Å². The average Bonchev–Trinajstić information content (AvgIpc) is 3.03. The fraction of sp³-hybridized carbons (Fsp3) is 0.222. The van der Waals surface area contributed by atoms with E-state index in [2.05, 4.69) is 10.6 Å². The summed E-state index contributed by atoms with van der Waals surface area (Å²) in [5.41, 5.74) is -0.725. The number of hydrogen-bond acceptors (Lipinski definition) is 6. The van der Waals surface area contributed by atoms with E-state index in [0.717, 1.165) is 5.76 Å². The Balaban J connectivity index is 1.89. The number of rotatable bonds is 6. The topological polar surface area (TPSA) is 91.6 Å². The third-order valence-corrected chi connectivity index (χ3v) is 4.29. The summed E-state index contributed by atoms with van der Waals surface area (Å²) >= 11 is 5.86. The fourth-order valence-corrected chi connectivity index (χ4v) is 2.76. The van der Waals surface area contributed by atoms with Gasteiger partial charge in [0.05, 0.1) is 16.8 Å². The van der Waals surface area contributed by atoms with E-state index in [1.54, 1.807) is 12.1 Å². The highest BCUT2D eigenvalue weighted by Crippen LogP contribution is 2.35.